The van der Waals surface area contributed by atoms with Gasteiger partial charge in [-0.3, -0.25) is 0 Å². The van der Waals surface area contributed by atoms with E-state index in [1.807, 2.05) is 0 Å². The Morgan fingerprint density at radius 1 is 1.26 bits per heavy atom. The summed E-state index contributed by atoms with van der Waals surface area (Å²) in [6.45, 7) is 9.29. The zero-order valence-corrected chi connectivity index (χ0v) is 13.7. The molecule has 2 aliphatic rings. The summed E-state index contributed by atoms with van der Waals surface area (Å²) in [5, 5.41) is 4.60. The number of ether oxygens (including phenoxy) is 1. The van der Waals surface area contributed by atoms with Crippen molar-refractivity contribution in [3.8, 4) is 0 Å². The second-order valence-electron chi connectivity index (χ2n) is 6.82. The van der Waals surface area contributed by atoms with Crippen LogP contribution in [0, 0.1) is 5.41 Å². The number of hydrogen-bond acceptors (Lipinski definition) is 3. The summed E-state index contributed by atoms with van der Waals surface area (Å²) in [6.07, 6.45) is 8.43. The summed E-state index contributed by atoms with van der Waals surface area (Å²) in [5.41, 5.74) is 0.446. The molecule has 1 heterocycles. The Hall–Kier alpha value is 0.270. The van der Waals surface area contributed by atoms with Crippen LogP contribution in [0.2, 0.25) is 0 Å². The van der Waals surface area contributed by atoms with E-state index < -0.39 is 0 Å². The lowest BCUT2D eigenvalue weighted by Gasteiger charge is -2.44. The molecule has 3 atom stereocenters. The van der Waals surface area contributed by atoms with Crippen molar-refractivity contribution in [1.82, 2.24) is 5.32 Å². The maximum Gasteiger partial charge on any atom is 0.0666 e. The molecule has 0 amide bonds. The second-order valence-corrected chi connectivity index (χ2v) is 8.09. The highest BCUT2D eigenvalue weighted by Crippen LogP contribution is 2.41. The zero-order valence-electron chi connectivity index (χ0n) is 12.9. The van der Waals surface area contributed by atoms with Crippen LogP contribution in [0.4, 0.5) is 0 Å². The van der Waals surface area contributed by atoms with Crippen molar-refractivity contribution in [2.24, 2.45) is 5.41 Å². The molecule has 1 N–H and O–H groups in total. The van der Waals surface area contributed by atoms with Gasteiger partial charge >= 0.3 is 0 Å². The Kier molecular flexibility index (Phi) is 6.04. The van der Waals surface area contributed by atoms with Crippen LogP contribution in [0.15, 0.2) is 0 Å². The van der Waals surface area contributed by atoms with Crippen LogP contribution in [-0.4, -0.2) is 36.3 Å². The lowest BCUT2D eigenvalue weighted by atomic mass is 9.73. The number of thioether (sulfide) groups is 1. The average Bonchev–Trinajstić information content (AvgIpc) is 2.87. The van der Waals surface area contributed by atoms with Gasteiger partial charge in [-0.1, -0.05) is 27.2 Å². The maximum absolute atomic E-state index is 5.77. The molecule has 2 rings (SSSR count). The van der Waals surface area contributed by atoms with E-state index in [-0.39, 0.29) is 0 Å². The fourth-order valence-corrected chi connectivity index (χ4v) is 5.19. The quantitative estimate of drug-likeness (QED) is 0.801. The van der Waals surface area contributed by atoms with Crippen molar-refractivity contribution in [2.75, 3.05) is 18.9 Å². The van der Waals surface area contributed by atoms with Gasteiger partial charge in [0, 0.05) is 23.7 Å². The molecule has 1 saturated carbocycles. The molecule has 1 aliphatic carbocycles. The van der Waals surface area contributed by atoms with Gasteiger partial charge in [0.2, 0.25) is 0 Å². The molecule has 0 aromatic rings. The fourth-order valence-electron chi connectivity index (χ4n) is 3.48. The van der Waals surface area contributed by atoms with E-state index >= 15 is 0 Å². The van der Waals surface area contributed by atoms with Crippen LogP contribution in [-0.2, 0) is 4.74 Å². The van der Waals surface area contributed by atoms with E-state index in [4.69, 9.17) is 4.74 Å². The Balaban J connectivity index is 1.87. The van der Waals surface area contributed by atoms with E-state index in [1.54, 1.807) is 0 Å². The summed E-state index contributed by atoms with van der Waals surface area (Å²) >= 11 is 2.17. The zero-order chi connectivity index (χ0) is 13.7. The van der Waals surface area contributed by atoms with Crippen LogP contribution in [0.1, 0.15) is 59.3 Å². The minimum atomic E-state index is 0.446. The summed E-state index contributed by atoms with van der Waals surface area (Å²) < 4.78 is 5.77. The first-order valence-corrected chi connectivity index (χ1v) is 9.15. The van der Waals surface area contributed by atoms with Gasteiger partial charge in [0.15, 0.2) is 0 Å². The minimum Gasteiger partial charge on any atom is -0.377 e. The van der Waals surface area contributed by atoms with Gasteiger partial charge in [-0.2, -0.15) is 11.8 Å². The van der Waals surface area contributed by atoms with Crippen LogP contribution in [0.3, 0.4) is 0 Å². The maximum atomic E-state index is 5.77. The normalized spacial score (nSPS) is 34.6. The highest BCUT2D eigenvalue weighted by atomic mass is 32.2. The third kappa shape index (κ3) is 4.37. The molecule has 0 radical (unpaired) electrons. The lowest BCUT2D eigenvalue weighted by molar-refractivity contribution is 0.128. The predicted molar refractivity (Wildman–Crippen MR) is 84.9 cm³/mol. The molecule has 0 aromatic heterocycles. The first kappa shape index (κ1) is 15.7. The van der Waals surface area contributed by atoms with Crippen molar-refractivity contribution in [1.29, 1.82) is 0 Å². The SMILES string of the molecule is CCCNC1C(SCC2CCCO2)CCCC1(C)C. The molecule has 0 aromatic carbocycles. The molecule has 0 spiro atoms. The summed E-state index contributed by atoms with van der Waals surface area (Å²) in [7, 11) is 0. The number of hydrogen-bond donors (Lipinski definition) is 1. The first-order valence-electron chi connectivity index (χ1n) is 8.10. The van der Waals surface area contributed by atoms with Gasteiger partial charge in [0.1, 0.15) is 0 Å². The molecule has 3 heteroatoms. The summed E-state index contributed by atoms with van der Waals surface area (Å²) in [6, 6.07) is 0.674. The van der Waals surface area contributed by atoms with Crippen LogP contribution >= 0.6 is 11.8 Å². The Morgan fingerprint density at radius 2 is 2.11 bits per heavy atom. The Labute approximate surface area is 123 Å². The number of rotatable bonds is 6. The van der Waals surface area contributed by atoms with Crippen molar-refractivity contribution in [3.63, 3.8) is 0 Å². The molecule has 0 bridgehead atoms. The third-order valence-corrected chi connectivity index (χ3v) is 6.16. The van der Waals surface area contributed by atoms with Gasteiger partial charge in [0.05, 0.1) is 6.10 Å². The molecule has 2 fully saturated rings. The van der Waals surface area contributed by atoms with Crippen molar-refractivity contribution in [3.05, 3.63) is 0 Å². The predicted octanol–water partition coefficient (Wildman–Crippen LogP) is 3.85. The molecular weight excluding hydrogens is 254 g/mol. The number of nitrogens with one attached hydrogen (secondary N) is 1. The smallest absolute Gasteiger partial charge is 0.0666 e. The largest absolute Gasteiger partial charge is 0.377 e. The molecule has 19 heavy (non-hydrogen) atoms. The first-order chi connectivity index (χ1) is 9.13. The van der Waals surface area contributed by atoms with E-state index in [2.05, 4.69) is 37.8 Å². The van der Waals surface area contributed by atoms with E-state index in [0.29, 0.717) is 17.6 Å². The Morgan fingerprint density at radius 3 is 2.79 bits per heavy atom. The summed E-state index contributed by atoms with van der Waals surface area (Å²) in [5.74, 6) is 1.20. The molecule has 112 valence electrons. The molecule has 1 saturated heterocycles. The standard InChI is InChI=1S/C16H31NOS/c1-4-10-17-15-14(8-5-9-16(15,2)3)19-12-13-7-6-11-18-13/h13-15,17H,4-12H2,1-3H3. The molecule has 3 unspecified atom stereocenters. The van der Waals surface area contributed by atoms with Gasteiger partial charge in [-0.05, 0) is 44.1 Å². The topological polar surface area (TPSA) is 21.3 Å². The van der Waals surface area contributed by atoms with Gasteiger partial charge in [-0.25, -0.2) is 0 Å². The highest BCUT2D eigenvalue weighted by molar-refractivity contribution is 8.00. The second kappa shape index (κ2) is 7.33. The summed E-state index contributed by atoms with van der Waals surface area (Å²) in [4.78, 5) is 0. The molecule has 1 aliphatic heterocycles. The fraction of sp³-hybridized carbons (Fsp3) is 1.00. The van der Waals surface area contributed by atoms with E-state index in [0.717, 1.165) is 18.4 Å². The highest BCUT2D eigenvalue weighted by Gasteiger charge is 2.39. The molecule has 2 nitrogen and oxygen atoms in total. The van der Waals surface area contributed by atoms with Gasteiger partial charge in [0.25, 0.3) is 0 Å². The van der Waals surface area contributed by atoms with E-state index in [1.165, 1.54) is 44.3 Å². The van der Waals surface area contributed by atoms with Crippen LogP contribution in [0.5, 0.6) is 0 Å². The third-order valence-electron chi connectivity index (χ3n) is 4.66. The van der Waals surface area contributed by atoms with E-state index in [9.17, 15) is 0 Å². The Bertz CT molecular complexity index is 263. The van der Waals surface area contributed by atoms with Crippen molar-refractivity contribution >= 4 is 11.8 Å². The molecular formula is C16H31NOS. The average molecular weight is 285 g/mol. The van der Waals surface area contributed by atoms with Crippen molar-refractivity contribution in [2.45, 2.75) is 76.7 Å². The monoisotopic (exact) mass is 285 g/mol. The van der Waals surface area contributed by atoms with Crippen molar-refractivity contribution < 1.29 is 4.74 Å². The van der Waals surface area contributed by atoms with Gasteiger partial charge < -0.3 is 10.1 Å². The van der Waals surface area contributed by atoms with Crippen LogP contribution in [0.25, 0.3) is 0 Å². The lowest BCUT2D eigenvalue weighted by Crippen LogP contribution is -2.51. The van der Waals surface area contributed by atoms with Gasteiger partial charge in [-0.15, -0.1) is 0 Å². The minimum absolute atomic E-state index is 0.446. The van der Waals surface area contributed by atoms with Crippen LogP contribution < -0.4 is 5.32 Å².